The number of fused-ring (bicyclic) bond motifs is 1. The third-order valence-corrected chi connectivity index (χ3v) is 5.99. The van der Waals surface area contributed by atoms with E-state index in [1.807, 2.05) is 14.1 Å². The van der Waals surface area contributed by atoms with Crippen LogP contribution in [-0.2, 0) is 5.41 Å². The van der Waals surface area contributed by atoms with Gasteiger partial charge in [-0.3, -0.25) is 0 Å². The maximum Gasteiger partial charge on any atom is 0.227 e. The number of hydrogen-bond donors (Lipinski definition) is 0. The van der Waals surface area contributed by atoms with E-state index in [2.05, 4.69) is 61.7 Å². The van der Waals surface area contributed by atoms with Gasteiger partial charge in [-0.25, -0.2) is 4.98 Å². The molecule has 0 unspecified atom stereocenters. The minimum absolute atomic E-state index is 0.0750. The van der Waals surface area contributed by atoms with E-state index in [1.165, 1.54) is 4.88 Å². The predicted octanol–water partition coefficient (Wildman–Crippen LogP) is 3.73. The summed E-state index contributed by atoms with van der Waals surface area (Å²) in [5.41, 5.74) is 1.07. The standard InChI is InChI=1S/C20H32N6S/c1-20(2,3)16-14-15-17(27-16)18(25(6)12-8-10-21)23-19(22-15)26(7)13-9-11-24(4)5/h14H,8-9,11-13H2,1-7H3. The van der Waals surface area contributed by atoms with Gasteiger partial charge in [0.2, 0.25) is 5.95 Å². The molecule has 0 saturated carbocycles. The predicted molar refractivity (Wildman–Crippen MR) is 116 cm³/mol. The first kappa shape index (κ1) is 21.4. The Balaban J connectivity index is 2.42. The molecule has 0 aromatic carbocycles. The lowest BCUT2D eigenvalue weighted by atomic mass is 9.95. The topological polar surface area (TPSA) is 59.3 Å². The molecule has 0 fully saturated rings. The summed E-state index contributed by atoms with van der Waals surface area (Å²) in [5, 5.41) is 8.95. The highest BCUT2D eigenvalue weighted by Gasteiger charge is 2.22. The normalized spacial score (nSPS) is 11.8. The molecule has 148 valence electrons. The van der Waals surface area contributed by atoms with Crippen LogP contribution in [-0.4, -0.2) is 62.7 Å². The Morgan fingerprint density at radius 2 is 1.74 bits per heavy atom. The van der Waals surface area contributed by atoms with Gasteiger partial charge >= 0.3 is 0 Å². The molecule has 0 amide bonds. The average molecular weight is 389 g/mol. The SMILES string of the molecule is CN(C)CCCN(C)c1nc(N(C)CCC#N)c2sc(C(C)(C)C)cc2n1. The second-order valence-electron chi connectivity index (χ2n) is 8.33. The lowest BCUT2D eigenvalue weighted by molar-refractivity contribution is 0.401. The first-order valence-corrected chi connectivity index (χ1v) is 10.2. The van der Waals surface area contributed by atoms with E-state index in [0.717, 1.165) is 41.5 Å². The Labute approximate surface area is 167 Å². The van der Waals surface area contributed by atoms with Crippen molar-refractivity contribution in [3.05, 3.63) is 10.9 Å². The van der Waals surface area contributed by atoms with E-state index in [1.54, 1.807) is 11.3 Å². The molecular formula is C20H32N6S. The summed E-state index contributed by atoms with van der Waals surface area (Å²) < 4.78 is 1.10. The molecule has 2 heterocycles. The summed E-state index contributed by atoms with van der Waals surface area (Å²) in [6, 6.07) is 4.42. The quantitative estimate of drug-likeness (QED) is 0.687. The Hall–Kier alpha value is -1.91. The highest BCUT2D eigenvalue weighted by Crippen LogP contribution is 2.38. The van der Waals surface area contributed by atoms with E-state index >= 15 is 0 Å². The summed E-state index contributed by atoms with van der Waals surface area (Å²) >= 11 is 1.76. The lowest BCUT2D eigenvalue weighted by Crippen LogP contribution is -2.26. The van der Waals surface area contributed by atoms with Crippen LogP contribution in [0.25, 0.3) is 10.2 Å². The van der Waals surface area contributed by atoms with Crippen molar-refractivity contribution < 1.29 is 0 Å². The summed E-state index contributed by atoms with van der Waals surface area (Å²) in [4.78, 5) is 17.4. The summed E-state index contributed by atoms with van der Waals surface area (Å²) in [6.45, 7) is 9.26. The zero-order valence-electron chi connectivity index (χ0n) is 17.7. The van der Waals surface area contributed by atoms with Crippen LogP contribution in [0.4, 0.5) is 11.8 Å². The van der Waals surface area contributed by atoms with Crippen LogP contribution >= 0.6 is 11.3 Å². The van der Waals surface area contributed by atoms with Gasteiger partial charge in [0, 0.05) is 32.1 Å². The van der Waals surface area contributed by atoms with Crippen molar-refractivity contribution in [2.45, 2.75) is 39.0 Å². The van der Waals surface area contributed by atoms with Gasteiger partial charge in [0.25, 0.3) is 0 Å². The fourth-order valence-corrected chi connectivity index (χ4v) is 3.95. The second kappa shape index (κ2) is 8.85. The smallest absolute Gasteiger partial charge is 0.227 e. The molecule has 2 aromatic rings. The lowest BCUT2D eigenvalue weighted by Gasteiger charge is -2.22. The van der Waals surface area contributed by atoms with Gasteiger partial charge in [-0.05, 0) is 38.5 Å². The molecule has 2 rings (SSSR count). The fourth-order valence-electron chi connectivity index (χ4n) is 2.75. The number of nitriles is 1. The Morgan fingerprint density at radius 1 is 1.04 bits per heavy atom. The summed E-state index contributed by atoms with van der Waals surface area (Å²) in [6.07, 6.45) is 1.54. The molecule has 0 bridgehead atoms. The van der Waals surface area contributed by atoms with Gasteiger partial charge < -0.3 is 14.7 Å². The van der Waals surface area contributed by atoms with Crippen molar-refractivity contribution in [2.24, 2.45) is 0 Å². The van der Waals surface area contributed by atoms with E-state index in [4.69, 9.17) is 15.2 Å². The van der Waals surface area contributed by atoms with Gasteiger partial charge in [-0.15, -0.1) is 11.3 Å². The molecule has 0 radical (unpaired) electrons. The largest absolute Gasteiger partial charge is 0.357 e. The van der Waals surface area contributed by atoms with Gasteiger partial charge in [-0.2, -0.15) is 10.2 Å². The molecule has 0 spiro atoms. The summed E-state index contributed by atoms with van der Waals surface area (Å²) in [5.74, 6) is 1.67. The first-order chi connectivity index (χ1) is 12.6. The zero-order valence-corrected chi connectivity index (χ0v) is 18.5. The Kier molecular flexibility index (Phi) is 7.01. The molecule has 0 aliphatic heterocycles. The van der Waals surface area contributed by atoms with Crippen molar-refractivity contribution in [1.82, 2.24) is 14.9 Å². The fraction of sp³-hybridized carbons (Fsp3) is 0.650. The van der Waals surface area contributed by atoms with Crippen molar-refractivity contribution >= 4 is 33.3 Å². The molecule has 2 aromatic heterocycles. The number of anilines is 2. The van der Waals surface area contributed by atoms with Crippen LogP contribution in [0, 0.1) is 11.3 Å². The van der Waals surface area contributed by atoms with Crippen molar-refractivity contribution in [1.29, 1.82) is 5.26 Å². The van der Waals surface area contributed by atoms with Crippen LogP contribution in [0.3, 0.4) is 0 Å². The minimum Gasteiger partial charge on any atom is -0.357 e. The van der Waals surface area contributed by atoms with Crippen LogP contribution in [0.2, 0.25) is 0 Å². The molecule has 0 N–H and O–H groups in total. The first-order valence-electron chi connectivity index (χ1n) is 9.39. The van der Waals surface area contributed by atoms with Crippen LogP contribution in [0.1, 0.15) is 38.5 Å². The highest BCUT2D eigenvalue weighted by atomic mass is 32.1. The van der Waals surface area contributed by atoms with Crippen molar-refractivity contribution in [3.8, 4) is 6.07 Å². The molecule has 0 aliphatic carbocycles. The minimum atomic E-state index is 0.0750. The molecule has 0 aliphatic rings. The van der Waals surface area contributed by atoms with E-state index in [-0.39, 0.29) is 5.41 Å². The van der Waals surface area contributed by atoms with E-state index in [0.29, 0.717) is 13.0 Å². The number of aromatic nitrogens is 2. The zero-order chi connectivity index (χ0) is 20.2. The van der Waals surface area contributed by atoms with E-state index < -0.39 is 0 Å². The van der Waals surface area contributed by atoms with Crippen LogP contribution < -0.4 is 9.80 Å². The van der Waals surface area contributed by atoms with Crippen LogP contribution in [0.5, 0.6) is 0 Å². The Morgan fingerprint density at radius 3 is 2.33 bits per heavy atom. The Bertz CT molecular complexity index is 799. The number of hydrogen-bond acceptors (Lipinski definition) is 7. The highest BCUT2D eigenvalue weighted by molar-refractivity contribution is 7.19. The number of thiophene rings is 1. The monoisotopic (exact) mass is 388 g/mol. The molecule has 7 heteroatoms. The molecule has 0 saturated heterocycles. The maximum absolute atomic E-state index is 8.95. The van der Waals surface area contributed by atoms with E-state index in [9.17, 15) is 0 Å². The molecule has 6 nitrogen and oxygen atoms in total. The molecule has 27 heavy (non-hydrogen) atoms. The second-order valence-corrected chi connectivity index (χ2v) is 9.38. The molecular weight excluding hydrogens is 356 g/mol. The maximum atomic E-state index is 8.95. The van der Waals surface area contributed by atoms with Crippen molar-refractivity contribution in [2.75, 3.05) is 57.6 Å². The van der Waals surface area contributed by atoms with Gasteiger partial charge in [0.05, 0.1) is 22.7 Å². The number of nitrogens with zero attached hydrogens (tertiary/aromatic N) is 6. The third kappa shape index (κ3) is 5.53. The summed E-state index contributed by atoms with van der Waals surface area (Å²) in [7, 11) is 8.23. The van der Waals surface area contributed by atoms with Crippen LogP contribution in [0.15, 0.2) is 6.07 Å². The third-order valence-electron chi connectivity index (χ3n) is 4.44. The molecule has 0 atom stereocenters. The van der Waals surface area contributed by atoms with Gasteiger partial charge in [0.1, 0.15) is 0 Å². The van der Waals surface area contributed by atoms with Gasteiger partial charge in [0.15, 0.2) is 5.82 Å². The number of rotatable bonds is 8. The van der Waals surface area contributed by atoms with Gasteiger partial charge in [-0.1, -0.05) is 20.8 Å². The average Bonchev–Trinajstić information content (AvgIpc) is 3.02. The van der Waals surface area contributed by atoms with Crippen molar-refractivity contribution in [3.63, 3.8) is 0 Å².